The third kappa shape index (κ3) is 3.34. The smallest absolute Gasteiger partial charge is 0.325 e. The van der Waals surface area contributed by atoms with E-state index in [-0.39, 0.29) is 36.9 Å². The van der Waals surface area contributed by atoms with E-state index in [1.165, 1.54) is 4.90 Å². The van der Waals surface area contributed by atoms with Crippen LogP contribution in [0.5, 0.6) is 0 Å². The van der Waals surface area contributed by atoms with Crippen molar-refractivity contribution in [2.75, 3.05) is 13.1 Å². The molecule has 7 heteroatoms. The lowest BCUT2D eigenvalue weighted by atomic mass is 9.98. The maximum absolute atomic E-state index is 12.5. The van der Waals surface area contributed by atoms with Gasteiger partial charge in [-0.3, -0.25) is 14.5 Å². The lowest BCUT2D eigenvalue weighted by molar-refractivity contribution is -0.131. The van der Waals surface area contributed by atoms with Crippen LogP contribution in [0.2, 0.25) is 0 Å². The molecule has 0 aromatic carbocycles. The molecule has 23 heavy (non-hydrogen) atoms. The first-order chi connectivity index (χ1) is 11.0. The van der Waals surface area contributed by atoms with Crippen molar-refractivity contribution >= 4 is 17.8 Å². The van der Waals surface area contributed by atoms with Crippen molar-refractivity contribution in [2.45, 2.75) is 69.5 Å². The Balaban J connectivity index is 1.49. The van der Waals surface area contributed by atoms with E-state index in [0.29, 0.717) is 18.9 Å². The molecule has 2 saturated heterocycles. The van der Waals surface area contributed by atoms with Crippen molar-refractivity contribution in [1.82, 2.24) is 20.9 Å². The van der Waals surface area contributed by atoms with Crippen LogP contribution in [0.25, 0.3) is 0 Å². The largest absolute Gasteiger partial charge is 0.353 e. The molecule has 2 aliphatic heterocycles. The van der Waals surface area contributed by atoms with Gasteiger partial charge < -0.3 is 16.0 Å². The zero-order chi connectivity index (χ0) is 16.4. The zero-order valence-corrected chi connectivity index (χ0v) is 13.7. The SMILES string of the molecule is CC1CC(NC(=O)CCN2C(=O)NC3(CCCC3)C2=O)CCN1. The highest BCUT2D eigenvalue weighted by Crippen LogP contribution is 2.34. The van der Waals surface area contributed by atoms with Crippen LogP contribution in [0, 0.1) is 0 Å². The van der Waals surface area contributed by atoms with E-state index < -0.39 is 5.54 Å². The minimum atomic E-state index is -0.683. The number of imide groups is 1. The predicted molar refractivity (Wildman–Crippen MR) is 84.7 cm³/mol. The van der Waals surface area contributed by atoms with Gasteiger partial charge in [0.2, 0.25) is 5.91 Å². The Morgan fingerprint density at radius 2 is 2.09 bits per heavy atom. The normalized spacial score (nSPS) is 29.9. The number of hydrogen-bond acceptors (Lipinski definition) is 4. The molecule has 4 amide bonds. The molecular formula is C16H26N4O3. The fourth-order valence-corrected chi connectivity index (χ4v) is 3.97. The first kappa shape index (κ1) is 16.2. The lowest BCUT2D eigenvalue weighted by Crippen LogP contribution is -2.47. The van der Waals surface area contributed by atoms with Gasteiger partial charge in [-0.05, 0) is 39.2 Å². The van der Waals surface area contributed by atoms with Crippen LogP contribution in [0.3, 0.4) is 0 Å². The first-order valence-electron chi connectivity index (χ1n) is 8.67. The molecule has 7 nitrogen and oxygen atoms in total. The van der Waals surface area contributed by atoms with Gasteiger partial charge in [0, 0.05) is 25.0 Å². The van der Waals surface area contributed by atoms with Crippen LogP contribution >= 0.6 is 0 Å². The molecule has 1 saturated carbocycles. The number of hydrogen-bond donors (Lipinski definition) is 3. The Kier molecular flexibility index (Phi) is 4.57. The maximum atomic E-state index is 12.5. The molecule has 3 aliphatic rings. The fraction of sp³-hybridized carbons (Fsp3) is 0.812. The second-order valence-electron chi connectivity index (χ2n) is 7.07. The second-order valence-corrected chi connectivity index (χ2v) is 7.07. The van der Waals surface area contributed by atoms with Crippen molar-refractivity contribution in [3.63, 3.8) is 0 Å². The lowest BCUT2D eigenvalue weighted by Gasteiger charge is -2.28. The monoisotopic (exact) mass is 322 g/mol. The van der Waals surface area contributed by atoms with Crippen molar-refractivity contribution in [3.8, 4) is 0 Å². The van der Waals surface area contributed by atoms with Crippen LogP contribution < -0.4 is 16.0 Å². The van der Waals surface area contributed by atoms with Gasteiger partial charge in [0.25, 0.3) is 5.91 Å². The van der Waals surface area contributed by atoms with Crippen molar-refractivity contribution < 1.29 is 14.4 Å². The topological polar surface area (TPSA) is 90.5 Å². The molecule has 1 spiro atoms. The van der Waals surface area contributed by atoms with E-state index in [9.17, 15) is 14.4 Å². The third-order valence-corrected chi connectivity index (χ3v) is 5.25. The molecule has 2 atom stereocenters. The number of urea groups is 1. The average molecular weight is 322 g/mol. The molecule has 2 unspecified atom stereocenters. The Bertz CT molecular complexity index is 502. The number of amides is 4. The molecule has 0 aromatic rings. The van der Waals surface area contributed by atoms with E-state index in [4.69, 9.17) is 0 Å². The number of nitrogens with one attached hydrogen (secondary N) is 3. The van der Waals surface area contributed by atoms with Crippen molar-refractivity contribution in [3.05, 3.63) is 0 Å². The van der Waals surface area contributed by atoms with Gasteiger partial charge in [0.1, 0.15) is 5.54 Å². The van der Waals surface area contributed by atoms with Crippen molar-refractivity contribution in [1.29, 1.82) is 0 Å². The summed E-state index contributed by atoms with van der Waals surface area (Å²) in [7, 11) is 0. The third-order valence-electron chi connectivity index (χ3n) is 5.25. The Morgan fingerprint density at radius 3 is 2.78 bits per heavy atom. The highest BCUT2D eigenvalue weighted by Gasteiger charge is 2.52. The summed E-state index contributed by atoms with van der Waals surface area (Å²) in [5, 5.41) is 9.20. The first-order valence-corrected chi connectivity index (χ1v) is 8.67. The summed E-state index contributed by atoms with van der Waals surface area (Å²) in [4.78, 5) is 37.9. The summed E-state index contributed by atoms with van der Waals surface area (Å²) in [5.41, 5.74) is -0.683. The maximum Gasteiger partial charge on any atom is 0.325 e. The molecule has 128 valence electrons. The second kappa shape index (κ2) is 6.47. The molecule has 2 heterocycles. The van der Waals surface area contributed by atoms with E-state index in [1.54, 1.807) is 0 Å². The number of carbonyl (C=O) groups is 3. The van der Waals surface area contributed by atoms with Gasteiger partial charge >= 0.3 is 6.03 Å². The molecular weight excluding hydrogens is 296 g/mol. The summed E-state index contributed by atoms with van der Waals surface area (Å²) in [6, 6.07) is 0.241. The van der Waals surface area contributed by atoms with Crippen LogP contribution in [-0.2, 0) is 9.59 Å². The summed E-state index contributed by atoms with van der Waals surface area (Å²) >= 11 is 0. The Labute approximate surface area is 136 Å². The van der Waals surface area contributed by atoms with E-state index in [1.807, 2.05) is 0 Å². The number of carbonyl (C=O) groups excluding carboxylic acids is 3. The fourth-order valence-electron chi connectivity index (χ4n) is 3.97. The predicted octanol–water partition coefficient (Wildman–Crippen LogP) is 0.498. The van der Waals surface area contributed by atoms with Gasteiger partial charge in [0.05, 0.1) is 0 Å². The average Bonchev–Trinajstić information content (AvgIpc) is 3.04. The van der Waals surface area contributed by atoms with Crippen LogP contribution in [-0.4, -0.2) is 53.5 Å². The minimum Gasteiger partial charge on any atom is -0.353 e. The van der Waals surface area contributed by atoms with Crippen LogP contribution in [0.15, 0.2) is 0 Å². The van der Waals surface area contributed by atoms with Crippen molar-refractivity contribution in [2.24, 2.45) is 0 Å². The van der Waals surface area contributed by atoms with Gasteiger partial charge in [-0.1, -0.05) is 12.8 Å². The summed E-state index contributed by atoms with van der Waals surface area (Å²) < 4.78 is 0. The molecule has 0 bridgehead atoms. The summed E-state index contributed by atoms with van der Waals surface area (Å²) in [6.07, 6.45) is 5.37. The molecule has 3 fully saturated rings. The van der Waals surface area contributed by atoms with E-state index >= 15 is 0 Å². The van der Waals surface area contributed by atoms with Gasteiger partial charge in [0.15, 0.2) is 0 Å². The van der Waals surface area contributed by atoms with E-state index in [0.717, 1.165) is 32.2 Å². The Hall–Kier alpha value is -1.63. The number of piperidine rings is 1. The Morgan fingerprint density at radius 1 is 1.35 bits per heavy atom. The standard InChI is InChI=1S/C16H26N4O3/c1-11-10-12(4-8-17-11)18-13(21)5-9-20-14(22)16(19-15(20)23)6-2-3-7-16/h11-12,17H,2-10H2,1H3,(H,18,21)(H,19,23). The molecule has 0 aromatic heterocycles. The summed E-state index contributed by atoms with van der Waals surface area (Å²) in [6.45, 7) is 3.17. The van der Waals surface area contributed by atoms with Crippen LogP contribution in [0.4, 0.5) is 4.79 Å². The van der Waals surface area contributed by atoms with Gasteiger partial charge in [-0.25, -0.2) is 4.79 Å². The van der Waals surface area contributed by atoms with Gasteiger partial charge in [-0.15, -0.1) is 0 Å². The minimum absolute atomic E-state index is 0.0860. The number of nitrogens with zero attached hydrogens (tertiary/aromatic N) is 1. The summed E-state index contributed by atoms with van der Waals surface area (Å²) in [5.74, 6) is -0.236. The molecule has 3 N–H and O–H groups in total. The zero-order valence-electron chi connectivity index (χ0n) is 13.7. The van der Waals surface area contributed by atoms with Crippen LogP contribution in [0.1, 0.15) is 51.9 Å². The molecule has 0 radical (unpaired) electrons. The molecule has 3 rings (SSSR count). The molecule has 1 aliphatic carbocycles. The number of rotatable bonds is 4. The highest BCUT2D eigenvalue weighted by atomic mass is 16.2. The van der Waals surface area contributed by atoms with Gasteiger partial charge in [-0.2, -0.15) is 0 Å². The van der Waals surface area contributed by atoms with E-state index in [2.05, 4.69) is 22.9 Å². The highest BCUT2D eigenvalue weighted by molar-refractivity contribution is 6.07. The quantitative estimate of drug-likeness (QED) is 0.657.